The minimum absolute atomic E-state index is 0.161. The lowest BCUT2D eigenvalue weighted by molar-refractivity contribution is 0.102. The number of carbonyl (C=O) groups excluding carboxylic acids is 2. The van der Waals surface area contributed by atoms with Crippen LogP contribution in [0.2, 0.25) is 0 Å². The van der Waals surface area contributed by atoms with Crippen LogP contribution in [0.15, 0.2) is 72.9 Å². The second-order valence-corrected chi connectivity index (χ2v) is 7.44. The summed E-state index contributed by atoms with van der Waals surface area (Å²) in [7, 11) is 0. The molecule has 1 saturated heterocycles. The molecule has 0 spiro atoms. The van der Waals surface area contributed by atoms with E-state index in [9.17, 15) is 9.59 Å². The maximum absolute atomic E-state index is 12.7. The SMILES string of the molecule is O=C(Nc1cc(-c2ccn(Cc3ccccc3)n2)[nH]n1)c1cccc(N2CCNC2=O)c1. The topological polar surface area (TPSA) is 108 Å². The average Bonchev–Trinajstić information content (AvgIpc) is 3.56. The molecule has 5 rings (SSSR count). The van der Waals surface area contributed by atoms with E-state index in [4.69, 9.17) is 0 Å². The van der Waals surface area contributed by atoms with Gasteiger partial charge >= 0.3 is 6.03 Å². The second-order valence-electron chi connectivity index (χ2n) is 7.44. The summed E-state index contributed by atoms with van der Waals surface area (Å²) in [6, 6.07) is 20.5. The van der Waals surface area contributed by atoms with E-state index in [1.165, 1.54) is 0 Å². The Kier molecular flexibility index (Phi) is 5.12. The summed E-state index contributed by atoms with van der Waals surface area (Å²) in [6.07, 6.45) is 1.90. The fourth-order valence-corrected chi connectivity index (χ4v) is 3.60. The standard InChI is InChI=1S/C23H21N7O2/c31-22(17-7-4-8-18(13-17)30-12-10-24-23(30)32)25-21-14-20(26-27-21)19-9-11-29(28-19)15-16-5-2-1-3-6-16/h1-9,11,13-14H,10,12,15H2,(H,24,32)(H2,25,26,27,31). The van der Waals surface area contributed by atoms with Crippen LogP contribution in [0.1, 0.15) is 15.9 Å². The van der Waals surface area contributed by atoms with Crippen LogP contribution >= 0.6 is 0 Å². The van der Waals surface area contributed by atoms with Crippen molar-refractivity contribution in [1.29, 1.82) is 0 Å². The normalized spacial score (nSPS) is 13.2. The minimum atomic E-state index is -0.306. The number of amides is 3. The van der Waals surface area contributed by atoms with Gasteiger partial charge in [0.15, 0.2) is 5.82 Å². The van der Waals surface area contributed by atoms with Crippen LogP contribution in [0.3, 0.4) is 0 Å². The molecule has 2 aromatic heterocycles. The number of anilines is 2. The van der Waals surface area contributed by atoms with Gasteiger partial charge in [-0.3, -0.25) is 19.5 Å². The number of urea groups is 1. The van der Waals surface area contributed by atoms with Crippen molar-refractivity contribution in [1.82, 2.24) is 25.3 Å². The van der Waals surface area contributed by atoms with Crippen molar-refractivity contribution in [2.45, 2.75) is 6.54 Å². The van der Waals surface area contributed by atoms with Gasteiger partial charge in [0, 0.05) is 36.6 Å². The van der Waals surface area contributed by atoms with E-state index in [1.54, 1.807) is 35.2 Å². The molecule has 0 aliphatic carbocycles. The molecule has 1 aliphatic rings. The highest BCUT2D eigenvalue weighted by molar-refractivity contribution is 6.05. The quantitative estimate of drug-likeness (QED) is 0.439. The Morgan fingerprint density at radius 1 is 1.06 bits per heavy atom. The number of rotatable bonds is 6. The highest BCUT2D eigenvalue weighted by Crippen LogP contribution is 2.21. The highest BCUT2D eigenvalue weighted by Gasteiger charge is 2.22. The monoisotopic (exact) mass is 427 g/mol. The Morgan fingerprint density at radius 3 is 2.75 bits per heavy atom. The molecule has 2 aromatic carbocycles. The number of nitrogens with zero attached hydrogens (tertiary/aromatic N) is 4. The minimum Gasteiger partial charge on any atom is -0.336 e. The van der Waals surface area contributed by atoms with Crippen molar-refractivity contribution in [3.63, 3.8) is 0 Å². The molecule has 0 saturated carbocycles. The van der Waals surface area contributed by atoms with Gasteiger partial charge in [0.25, 0.3) is 5.91 Å². The van der Waals surface area contributed by atoms with Crippen LogP contribution in [0.25, 0.3) is 11.4 Å². The summed E-state index contributed by atoms with van der Waals surface area (Å²) in [4.78, 5) is 26.2. The predicted molar refractivity (Wildman–Crippen MR) is 120 cm³/mol. The zero-order valence-electron chi connectivity index (χ0n) is 17.2. The molecule has 0 atom stereocenters. The third-order valence-electron chi connectivity index (χ3n) is 5.20. The van der Waals surface area contributed by atoms with Gasteiger partial charge in [-0.2, -0.15) is 10.2 Å². The zero-order valence-corrected chi connectivity index (χ0v) is 17.2. The Hall–Kier alpha value is -4.40. The Morgan fingerprint density at radius 2 is 1.94 bits per heavy atom. The number of aromatic amines is 1. The molecule has 0 radical (unpaired) electrons. The molecule has 32 heavy (non-hydrogen) atoms. The maximum Gasteiger partial charge on any atom is 0.321 e. The molecule has 3 N–H and O–H groups in total. The molecule has 3 heterocycles. The molecule has 160 valence electrons. The number of H-pyrrole nitrogens is 1. The van der Waals surface area contributed by atoms with Gasteiger partial charge in [0.2, 0.25) is 0 Å². The Bertz CT molecular complexity index is 1260. The van der Waals surface area contributed by atoms with Gasteiger partial charge < -0.3 is 10.6 Å². The van der Waals surface area contributed by atoms with E-state index in [2.05, 4.69) is 38.1 Å². The first kappa shape index (κ1) is 19.6. The lowest BCUT2D eigenvalue weighted by Gasteiger charge is -2.14. The van der Waals surface area contributed by atoms with E-state index in [0.717, 1.165) is 11.3 Å². The molecular weight excluding hydrogens is 406 g/mol. The van der Waals surface area contributed by atoms with Crippen molar-refractivity contribution in [3.05, 3.63) is 84.1 Å². The van der Waals surface area contributed by atoms with Gasteiger partial charge in [0.1, 0.15) is 5.69 Å². The summed E-state index contributed by atoms with van der Waals surface area (Å²) < 4.78 is 1.85. The molecule has 9 nitrogen and oxygen atoms in total. The molecule has 0 bridgehead atoms. The third-order valence-corrected chi connectivity index (χ3v) is 5.20. The first-order valence-corrected chi connectivity index (χ1v) is 10.3. The fourth-order valence-electron chi connectivity index (χ4n) is 3.60. The Labute approximate surface area is 184 Å². The smallest absolute Gasteiger partial charge is 0.321 e. The first-order valence-electron chi connectivity index (χ1n) is 10.3. The summed E-state index contributed by atoms with van der Waals surface area (Å²) >= 11 is 0. The molecule has 3 amide bonds. The van der Waals surface area contributed by atoms with E-state index in [0.29, 0.717) is 42.4 Å². The number of benzene rings is 2. The molecule has 1 fully saturated rings. The summed E-state index contributed by atoms with van der Waals surface area (Å²) in [5, 5.41) is 17.2. The highest BCUT2D eigenvalue weighted by atomic mass is 16.2. The molecular formula is C23H21N7O2. The lowest BCUT2D eigenvalue weighted by atomic mass is 10.1. The van der Waals surface area contributed by atoms with E-state index in [1.807, 2.05) is 35.1 Å². The predicted octanol–water partition coefficient (Wildman–Crippen LogP) is 3.10. The van der Waals surface area contributed by atoms with Gasteiger partial charge in [0.05, 0.1) is 12.2 Å². The number of aromatic nitrogens is 4. The van der Waals surface area contributed by atoms with Crippen LogP contribution in [-0.4, -0.2) is 45.0 Å². The lowest BCUT2D eigenvalue weighted by Crippen LogP contribution is -2.27. The fraction of sp³-hybridized carbons (Fsp3) is 0.130. The summed E-state index contributed by atoms with van der Waals surface area (Å²) in [5.74, 6) is 0.0889. The molecule has 4 aromatic rings. The Balaban J connectivity index is 1.27. The van der Waals surface area contributed by atoms with Crippen LogP contribution in [0.5, 0.6) is 0 Å². The van der Waals surface area contributed by atoms with Crippen molar-refractivity contribution in [2.24, 2.45) is 0 Å². The third kappa shape index (κ3) is 4.08. The summed E-state index contributed by atoms with van der Waals surface area (Å²) in [5.41, 5.74) is 3.72. The van der Waals surface area contributed by atoms with Crippen molar-refractivity contribution >= 4 is 23.4 Å². The van der Waals surface area contributed by atoms with Crippen LogP contribution in [-0.2, 0) is 6.54 Å². The number of nitrogens with one attached hydrogen (secondary N) is 3. The van der Waals surface area contributed by atoms with E-state index < -0.39 is 0 Å². The van der Waals surface area contributed by atoms with Crippen LogP contribution < -0.4 is 15.5 Å². The second kappa shape index (κ2) is 8.38. The van der Waals surface area contributed by atoms with Crippen LogP contribution in [0.4, 0.5) is 16.3 Å². The van der Waals surface area contributed by atoms with Gasteiger partial charge in [-0.15, -0.1) is 0 Å². The number of carbonyl (C=O) groups is 2. The first-order chi connectivity index (χ1) is 15.7. The molecule has 1 aliphatic heterocycles. The van der Waals surface area contributed by atoms with Crippen molar-refractivity contribution < 1.29 is 9.59 Å². The van der Waals surface area contributed by atoms with E-state index >= 15 is 0 Å². The van der Waals surface area contributed by atoms with Crippen molar-refractivity contribution in [2.75, 3.05) is 23.3 Å². The largest absolute Gasteiger partial charge is 0.336 e. The number of hydrogen-bond donors (Lipinski definition) is 3. The average molecular weight is 427 g/mol. The van der Waals surface area contributed by atoms with E-state index in [-0.39, 0.29) is 11.9 Å². The van der Waals surface area contributed by atoms with Gasteiger partial charge in [-0.05, 0) is 29.8 Å². The zero-order chi connectivity index (χ0) is 21.9. The van der Waals surface area contributed by atoms with Gasteiger partial charge in [-0.1, -0.05) is 36.4 Å². The molecule has 9 heteroatoms. The number of hydrogen-bond acceptors (Lipinski definition) is 4. The van der Waals surface area contributed by atoms with Crippen LogP contribution in [0, 0.1) is 0 Å². The van der Waals surface area contributed by atoms with Gasteiger partial charge in [-0.25, -0.2) is 4.79 Å². The summed E-state index contributed by atoms with van der Waals surface area (Å²) in [6.45, 7) is 1.83. The maximum atomic E-state index is 12.7. The molecule has 0 unspecified atom stereocenters. The van der Waals surface area contributed by atoms with Crippen molar-refractivity contribution in [3.8, 4) is 11.4 Å².